The molecule has 3 atom stereocenters. The molecule has 0 radical (unpaired) electrons. The van der Waals surface area contributed by atoms with Crippen LogP contribution in [0.5, 0.6) is 0 Å². The zero-order chi connectivity index (χ0) is 17.4. The summed E-state index contributed by atoms with van der Waals surface area (Å²) in [7, 11) is 0. The lowest BCUT2D eigenvalue weighted by Gasteiger charge is -2.37. The molecule has 3 heteroatoms. The van der Waals surface area contributed by atoms with Gasteiger partial charge in [-0.3, -0.25) is 0 Å². The molecule has 128 valence electrons. The molecule has 1 aromatic heterocycles. The van der Waals surface area contributed by atoms with Gasteiger partial charge in [0.1, 0.15) is 0 Å². The van der Waals surface area contributed by atoms with Gasteiger partial charge in [-0.15, -0.1) is 0 Å². The molecule has 2 aliphatic rings. The smallest absolute Gasteiger partial charge is 0.0954 e. The van der Waals surface area contributed by atoms with Crippen LogP contribution >= 0.6 is 0 Å². The van der Waals surface area contributed by atoms with E-state index < -0.39 is 0 Å². The molecule has 1 aliphatic heterocycles. The maximum absolute atomic E-state index is 6.18. The third-order valence-corrected chi connectivity index (χ3v) is 4.93. The van der Waals surface area contributed by atoms with Gasteiger partial charge in [0, 0.05) is 18.3 Å². The van der Waals surface area contributed by atoms with Crippen molar-refractivity contribution in [3.05, 3.63) is 90.1 Å². The fraction of sp³-hybridized carbons (Fsp3) is 0.318. The number of nitrogens with zero attached hydrogens (tertiary/aromatic N) is 2. The van der Waals surface area contributed by atoms with E-state index in [4.69, 9.17) is 4.74 Å². The summed E-state index contributed by atoms with van der Waals surface area (Å²) in [4.78, 5) is 4.25. The molecule has 3 unspecified atom stereocenters. The van der Waals surface area contributed by atoms with E-state index in [0.717, 1.165) is 0 Å². The van der Waals surface area contributed by atoms with Gasteiger partial charge in [0.15, 0.2) is 0 Å². The second kappa shape index (κ2) is 6.16. The molecular formula is C22H24N2O. The maximum atomic E-state index is 6.18. The van der Waals surface area contributed by atoms with Crippen molar-refractivity contribution in [1.29, 1.82) is 0 Å². The van der Waals surface area contributed by atoms with Gasteiger partial charge in [-0.05, 0) is 31.9 Å². The van der Waals surface area contributed by atoms with Crippen LogP contribution in [0.2, 0.25) is 0 Å². The number of allylic oxidation sites excluding steroid dienone is 2. The van der Waals surface area contributed by atoms with Crippen molar-refractivity contribution in [1.82, 2.24) is 9.55 Å². The molecule has 1 aliphatic carbocycles. The minimum Gasteiger partial charge on any atom is -0.363 e. The maximum Gasteiger partial charge on any atom is 0.0954 e. The van der Waals surface area contributed by atoms with E-state index in [2.05, 4.69) is 85.0 Å². The minimum atomic E-state index is -0.197. The van der Waals surface area contributed by atoms with Crippen molar-refractivity contribution in [2.45, 2.75) is 38.5 Å². The molecule has 0 fully saturated rings. The number of benzene rings is 1. The van der Waals surface area contributed by atoms with Gasteiger partial charge >= 0.3 is 0 Å². The number of aryl methyl sites for hydroxylation is 1. The summed E-state index contributed by atoms with van der Waals surface area (Å²) >= 11 is 0. The summed E-state index contributed by atoms with van der Waals surface area (Å²) in [6.07, 6.45) is 17.1. The number of aromatic nitrogens is 2. The first kappa shape index (κ1) is 16.1. The molecule has 3 nitrogen and oxygen atoms in total. The predicted octanol–water partition coefficient (Wildman–Crippen LogP) is 4.63. The second-order valence-corrected chi connectivity index (χ2v) is 7.47. The highest BCUT2D eigenvalue weighted by Gasteiger charge is 2.32. The van der Waals surface area contributed by atoms with E-state index in [-0.39, 0.29) is 23.7 Å². The number of fused-ring (bicyclic) bond motifs is 1. The van der Waals surface area contributed by atoms with Crippen LogP contribution in [0.3, 0.4) is 0 Å². The number of hydrogen-bond donors (Lipinski definition) is 0. The van der Waals surface area contributed by atoms with E-state index >= 15 is 0 Å². The molecule has 0 spiro atoms. The van der Waals surface area contributed by atoms with Crippen molar-refractivity contribution >= 4 is 0 Å². The lowest BCUT2D eigenvalue weighted by atomic mass is 9.85. The van der Waals surface area contributed by atoms with Crippen molar-refractivity contribution in [2.75, 3.05) is 0 Å². The van der Waals surface area contributed by atoms with Crippen molar-refractivity contribution < 1.29 is 4.74 Å². The summed E-state index contributed by atoms with van der Waals surface area (Å²) in [6, 6.07) is 8.88. The van der Waals surface area contributed by atoms with Crippen LogP contribution in [0.25, 0.3) is 0 Å². The monoisotopic (exact) mass is 332 g/mol. The molecular weight excluding hydrogens is 308 g/mol. The van der Waals surface area contributed by atoms with Gasteiger partial charge in [0.05, 0.1) is 24.1 Å². The molecule has 0 saturated carbocycles. The van der Waals surface area contributed by atoms with E-state index in [1.165, 1.54) is 16.7 Å². The van der Waals surface area contributed by atoms with Gasteiger partial charge in [0.2, 0.25) is 0 Å². The Labute approximate surface area is 149 Å². The molecule has 0 amide bonds. The highest BCUT2D eigenvalue weighted by Crippen LogP contribution is 2.36. The largest absolute Gasteiger partial charge is 0.363 e. The van der Waals surface area contributed by atoms with Gasteiger partial charge < -0.3 is 9.30 Å². The Balaban J connectivity index is 1.73. The third kappa shape index (κ3) is 3.24. The van der Waals surface area contributed by atoms with Crippen LogP contribution in [0.1, 0.15) is 31.0 Å². The first-order chi connectivity index (χ1) is 12.0. The van der Waals surface area contributed by atoms with Gasteiger partial charge in [-0.25, -0.2) is 4.98 Å². The topological polar surface area (TPSA) is 27.1 Å². The summed E-state index contributed by atoms with van der Waals surface area (Å²) in [5.41, 5.74) is 3.61. The summed E-state index contributed by atoms with van der Waals surface area (Å²) in [5, 5.41) is 0. The first-order valence-electron chi connectivity index (χ1n) is 8.83. The Kier molecular flexibility index (Phi) is 3.97. The van der Waals surface area contributed by atoms with E-state index in [1.807, 2.05) is 18.7 Å². The molecule has 0 saturated heterocycles. The molecule has 0 bridgehead atoms. The Morgan fingerprint density at radius 3 is 2.68 bits per heavy atom. The van der Waals surface area contributed by atoms with Crippen LogP contribution in [0.15, 0.2) is 78.9 Å². The minimum absolute atomic E-state index is 0.116. The number of hydrogen-bond acceptors (Lipinski definition) is 2. The van der Waals surface area contributed by atoms with Gasteiger partial charge in [-0.2, -0.15) is 0 Å². The molecule has 2 aromatic rings. The van der Waals surface area contributed by atoms with Crippen LogP contribution < -0.4 is 0 Å². The van der Waals surface area contributed by atoms with Gasteiger partial charge in [-0.1, -0.05) is 60.2 Å². The lowest BCUT2D eigenvalue weighted by Crippen LogP contribution is -2.36. The van der Waals surface area contributed by atoms with E-state index in [9.17, 15) is 0 Å². The zero-order valence-electron chi connectivity index (χ0n) is 15.0. The van der Waals surface area contributed by atoms with Crippen LogP contribution in [0, 0.1) is 12.8 Å². The third-order valence-electron chi connectivity index (χ3n) is 4.93. The normalized spacial score (nSPS) is 25.3. The van der Waals surface area contributed by atoms with Crippen molar-refractivity contribution in [3.63, 3.8) is 0 Å². The number of rotatable bonds is 3. The molecule has 0 N–H and O–H groups in total. The molecule has 2 heterocycles. The summed E-state index contributed by atoms with van der Waals surface area (Å²) in [5.74, 6) is 0.282. The number of imidazole rings is 1. The first-order valence-corrected chi connectivity index (χ1v) is 8.83. The highest BCUT2D eigenvalue weighted by molar-refractivity contribution is 5.41. The van der Waals surface area contributed by atoms with Gasteiger partial charge in [0.25, 0.3) is 0 Å². The average Bonchev–Trinajstić information content (AvgIpc) is 3.10. The molecule has 1 aromatic carbocycles. The molecule has 4 rings (SSSR count). The number of ether oxygens (including phenoxy) is 1. The lowest BCUT2D eigenvalue weighted by molar-refractivity contribution is -0.0395. The predicted molar refractivity (Wildman–Crippen MR) is 100 cm³/mol. The Morgan fingerprint density at radius 1 is 1.16 bits per heavy atom. The highest BCUT2D eigenvalue weighted by atomic mass is 16.5. The second-order valence-electron chi connectivity index (χ2n) is 7.47. The standard InChI is InChI=1S/C22H24N2O/c1-16-4-6-17(7-5-16)21(24-13-12-23-15-24)19-8-9-20-18(14-19)10-11-22(2,3)25-20/h4-15,18,20-21H,1-3H3. The van der Waals surface area contributed by atoms with Crippen LogP contribution in [-0.2, 0) is 4.74 Å². The fourth-order valence-corrected chi connectivity index (χ4v) is 3.61. The van der Waals surface area contributed by atoms with Crippen LogP contribution in [0.4, 0.5) is 0 Å². The van der Waals surface area contributed by atoms with Crippen molar-refractivity contribution in [3.8, 4) is 0 Å². The van der Waals surface area contributed by atoms with E-state index in [0.29, 0.717) is 0 Å². The Bertz CT molecular complexity index is 825. The zero-order valence-corrected chi connectivity index (χ0v) is 15.0. The van der Waals surface area contributed by atoms with Crippen LogP contribution in [-0.4, -0.2) is 21.3 Å². The average molecular weight is 332 g/mol. The summed E-state index contributed by atoms with van der Waals surface area (Å²) in [6.45, 7) is 6.33. The quantitative estimate of drug-likeness (QED) is 0.767. The summed E-state index contributed by atoms with van der Waals surface area (Å²) < 4.78 is 8.35. The van der Waals surface area contributed by atoms with E-state index in [1.54, 1.807) is 0 Å². The fourth-order valence-electron chi connectivity index (χ4n) is 3.61. The van der Waals surface area contributed by atoms with Crippen molar-refractivity contribution in [2.24, 2.45) is 5.92 Å². The Morgan fingerprint density at radius 2 is 1.96 bits per heavy atom. The SMILES string of the molecule is Cc1ccc(C(C2=CC3C=CC(C)(C)OC3C=C2)n2ccnc2)cc1. The molecule has 25 heavy (non-hydrogen) atoms. The Hall–Kier alpha value is -2.39.